The zero-order valence-electron chi connectivity index (χ0n) is 13.6. The van der Waals surface area contributed by atoms with E-state index in [2.05, 4.69) is 15.3 Å². The van der Waals surface area contributed by atoms with Crippen LogP contribution in [0.5, 0.6) is 0 Å². The number of nitrogens with zero attached hydrogens (tertiary/aromatic N) is 2. The van der Waals surface area contributed by atoms with Gasteiger partial charge in [-0.1, -0.05) is 54.6 Å². The van der Waals surface area contributed by atoms with Gasteiger partial charge in [0.25, 0.3) is 5.91 Å². The number of hydrogen-bond acceptors (Lipinski definition) is 4. The summed E-state index contributed by atoms with van der Waals surface area (Å²) in [4.78, 5) is 32.0. The van der Waals surface area contributed by atoms with E-state index in [1.807, 2.05) is 42.5 Å². The largest absolute Gasteiger partial charge is 0.350 e. The highest BCUT2D eigenvalue weighted by atomic mass is 16.1. The Labute approximate surface area is 145 Å². The molecule has 1 heterocycles. The molecule has 0 saturated heterocycles. The first kappa shape index (κ1) is 16.5. The molecule has 0 fully saturated rings. The lowest BCUT2D eigenvalue weighted by Crippen LogP contribution is -2.26. The van der Waals surface area contributed by atoms with Crippen LogP contribution in [0.1, 0.15) is 32.0 Å². The number of amides is 1. The third-order valence-corrected chi connectivity index (χ3v) is 3.75. The SMILES string of the molecule is O=C(c1ccccc1)c1ccc(CCNC(=O)c2cnccn2)cc1. The lowest BCUT2D eigenvalue weighted by molar-refractivity contribution is 0.0948. The van der Waals surface area contributed by atoms with Crippen molar-refractivity contribution in [3.63, 3.8) is 0 Å². The van der Waals surface area contributed by atoms with E-state index < -0.39 is 0 Å². The molecule has 0 atom stereocenters. The Balaban J connectivity index is 1.54. The van der Waals surface area contributed by atoms with Crippen LogP contribution in [-0.2, 0) is 6.42 Å². The van der Waals surface area contributed by atoms with Crippen molar-refractivity contribution in [2.75, 3.05) is 6.54 Å². The van der Waals surface area contributed by atoms with Gasteiger partial charge in [-0.3, -0.25) is 14.6 Å². The van der Waals surface area contributed by atoms with Crippen molar-refractivity contribution < 1.29 is 9.59 Å². The Morgan fingerprint density at radius 2 is 1.60 bits per heavy atom. The van der Waals surface area contributed by atoms with Crippen LogP contribution in [-0.4, -0.2) is 28.2 Å². The van der Waals surface area contributed by atoms with Gasteiger partial charge in [0.2, 0.25) is 0 Å². The molecule has 2 aromatic carbocycles. The molecule has 0 aliphatic heterocycles. The first-order chi connectivity index (χ1) is 12.2. The van der Waals surface area contributed by atoms with E-state index in [0.717, 1.165) is 5.56 Å². The summed E-state index contributed by atoms with van der Waals surface area (Å²) < 4.78 is 0. The molecule has 1 N–H and O–H groups in total. The Hall–Kier alpha value is -3.34. The summed E-state index contributed by atoms with van der Waals surface area (Å²) in [5.74, 6) is -0.243. The fourth-order valence-corrected chi connectivity index (χ4v) is 2.41. The van der Waals surface area contributed by atoms with Crippen molar-refractivity contribution >= 4 is 11.7 Å². The molecule has 5 nitrogen and oxygen atoms in total. The smallest absolute Gasteiger partial charge is 0.271 e. The molecule has 0 saturated carbocycles. The van der Waals surface area contributed by atoms with E-state index in [4.69, 9.17) is 0 Å². The topological polar surface area (TPSA) is 72.0 Å². The van der Waals surface area contributed by atoms with E-state index in [-0.39, 0.29) is 11.7 Å². The Morgan fingerprint density at radius 1 is 0.880 bits per heavy atom. The van der Waals surface area contributed by atoms with Gasteiger partial charge in [-0.2, -0.15) is 0 Å². The maximum absolute atomic E-state index is 12.3. The van der Waals surface area contributed by atoms with Crippen LogP contribution < -0.4 is 5.32 Å². The number of carbonyl (C=O) groups excluding carboxylic acids is 2. The van der Waals surface area contributed by atoms with Gasteiger partial charge in [0.15, 0.2) is 5.78 Å². The first-order valence-electron chi connectivity index (χ1n) is 7.97. The summed E-state index contributed by atoms with van der Waals surface area (Å²) >= 11 is 0. The second kappa shape index (κ2) is 7.97. The molecule has 0 spiro atoms. The normalized spacial score (nSPS) is 10.2. The van der Waals surface area contributed by atoms with Crippen molar-refractivity contribution in [1.29, 1.82) is 0 Å². The second-order valence-electron chi connectivity index (χ2n) is 5.49. The second-order valence-corrected chi connectivity index (χ2v) is 5.49. The van der Waals surface area contributed by atoms with Crippen LogP contribution in [0.4, 0.5) is 0 Å². The van der Waals surface area contributed by atoms with Crippen molar-refractivity contribution in [3.8, 4) is 0 Å². The predicted octanol–water partition coefficient (Wildman–Crippen LogP) is 2.68. The summed E-state index contributed by atoms with van der Waals surface area (Å²) in [5.41, 5.74) is 2.67. The molecule has 0 radical (unpaired) electrons. The van der Waals surface area contributed by atoms with E-state index in [1.54, 1.807) is 12.1 Å². The Bertz CT molecular complexity index is 847. The molecular formula is C20H17N3O2. The van der Waals surface area contributed by atoms with Crippen molar-refractivity contribution in [3.05, 3.63) is 95.6 Å². The highest BCUT2D eigenvalue weighted by Gasteiger charge is 2.09. The number of aromatic nitrogens is 2. The summed E-state index contributed by atoms with van der Waals surface area (Å²) in [6.45, 7) is 0.487. The van der Waals surface area contributed by atoms with Crippen molar-refractivity contribution in [1.82, 2.24) is 15.3 Å². The lowest BCUT2D eigenvalue weighted by Gasteiger charge is -2.06. The van der Waals surface area contributed by atoms with E-state index >= 15 is 0 Å². The fraction of sp³-hybridized carbons (Fsp3) is 0.100. The van der Waals surface area contributed by atoms with Gasteiger partial charge < -0.3 is 5.32 Å². The van der Waals surface area contributed by atoms with Gasteiger partial charge in [-0.25, -0.2) is 4.98 Å². The molecule has 1 aromatic heterocycles. The van der Waals surface area contributed by atoms with Crippen LogP contribution in [0.15, 0.2) is 73.2 Å². The lowest BCUT2D eigenvalue weighted by atomic mass is 10.0. The number of hydrogen-bond donors (Lipinski definition) is 1. The molecule has 0 aliphatic rings. The van der Waals surface area contributed by atoms with Gasteiger partial charge in [0, 0.05) is 30.1 Å². The van der Waals surface area contributed by atoms with Gasteiger partial charge in [-0.05, 0) is 12.0 Å². The predicted molar refractivity (Wildman–Crippen MR) is 94.4 cm³/mol. The van der Waals surface area contributed by atoms with Gasteiger partial charge >= 0.3 is 0 Å². The quantitative estimate of drug-likeness (QED) is 0.705. The average molecular weight is 331 g/mol. The number of carbonyl (C=O) groups is 2. The maximum atomic E-state index is 12.3. The summed E-state index contributed by atoms with van der Waals surface area (Å²) in [6.07, 6.45) is 5.11. The third kappa shape index (κ3) is 4.35. The van der Waals surface area contributed by atoms with E-state index in [9.17, 15) is 9.59 Å². The van der Waals surface area contributed by atoms with Gasteiger partial charge in [-0.15, -0.1) is 0 Å². The maximum Gasteiger partial charge on any atom is 0.271 e. The molecule has 3 rings (SSSR count). The van der Waals surface area contributed by atoms with Crippen LogP contribution >= 0.6 is 0 Å². The number of ketones is 1. The minimum atomic E-state index is -0.246. The number of benzene rings is 2. The summed E-state index contributed by atoms with van der Waals surface area (Å²) in [5, 5.41) is 2.80. The number of nitrogens with one attached hydrogen (secondary N) is 1. The molecular weight excluding hydrogens is 314 g/mol. The summed E-state index contributed by atoms with van der Waals surface area (Å²) in [6, 6.07) is 16.6. The average Bonchev–Trinajstić information content (AvgIpc) is 2.69. The van der Waals surface area contributed by atoms with E-state index in [1.165, 1.54) is 18.6 Å². The molecule has 25 heavy (non-hydrogen) atoms. The molecule has 0 unspecified atom stereocenters. The van der Waals surface area contributed by atoms with Crippen LogP contribution in [0, 0.1) is 0 Å². The summed E-state index contributed by atoms with van der Waals surface area (Å²) in [7, 11) is 0. The zero-order chi connectivity index (χ0) is 17.5. The van der Waals surface area contributed by atoms with Crippen molar-refractivity contribution in [2.45, 2.75) is 6.42 Å². The molecule has 0 bridgehead atoms. The molecule has 124 valence electrons. The molecule has 1 amide bonds. The number of rotatable bonds is 6. The van der Waals surface area contributed by atoms with Crippen LogP contribution in [0.2, 0.25) is 0 Å². The van der Waals surface area contributed by atoms with Gasteiger partial charge in [0.05, 0.1) is 6.20 Å². The van der Waals surface area contributed by atoms with Gasteiger partial charge in [0.1, 0.15) is 5.69 Å². The zero-order valence-corrected chi connectivity index (χ0v) is 13.6. The van der Waals surface area contributed by atoms with E-state index in [0.29, 0.717) is 29.8 Å². The van der Waals surface area contributed by atoms with Crippen molar-refractivity contribution in [2.24, 2.45) is 0 Å². The monoisotopic (exact) mass is 331 g/mol. The molecule has 0 aliphatic carbocycles. The standard InChI is InChI=1S/C20H17N3O2/c24-19(16-4-2-1-3-5-16)17-8-6-15(7-9-17)10-11-23-20(25)18-14-21-12-13-22-18/h1-9,12-14H,10-11H2,(H,23,25). The highest BCUT2D eigenvalue weighted by molar-refractivity contribution is 6.08. The highest BCUT2D eigenvalue weighted by Crippen LogP contribution is 2.11. The fourth-order valence-electron chi connectivity index (χ4n) is 2.41. The van der Waals surface area contributed by atoms with Crippen LogP contribution in [0.25, 0.3) is 0 Å². The van der Waals surface area contributed by atoms with Crippen LogP contribution in [0.3, 0.4) is 0 Å². The minimum absolute atomic E-state index is 0.00287. The first-order valence-corrected chi connectivity index (χ1v) is 7.97. The third-order valence-electron chi connectivity index (χ3n) is 3.75. The minimum Gasteiger partial charge on any atom is -0.350 e. The molecule has 5 heteroatoms. The Morgan fingerprint density at radius 3 is 2.28 bits per heavy atom. The Kier molecular flexibility index (Phi) is 5.26. The molecule has 3 aromatic rings.